The molecule has 0 radical (unpaired) electrons. The first-order valence-corrected chi connectivity index (χ1v) is 8.62. The molecule has 1 aliphatic rings. The van der Waals surface area contributed by atoms with E-state index in [9.17, 15) is 9.90 Å². The van der Waals surface area contributed by atoms with E-state index in [1.54, 1.807) is 0 Å². The van der Waals surface area contributed by atoms with Crippen molar-refractivity contribution in [2.75, 3.05) is 32.7 Å². The zero-order valence-corrected chi connectivity index (χ0v) is 16.7. The van der Waals surface area contributed by atoms with E-state index in [1.807, 2.05) is 24.3 Å². The Labute approximate surface area is 163 Å². The number of carbonyl (C=O) groups excluding carboxylic acids is 1. The Kier molecular flexibility index (Phi) is 12.1. The van der Waals surface area contributed by atoms with E-state index >= 15 is 0 Å². The molecular formula is C18H31Cl2N3O2. The van der Waals surface area contributed by atoms with E-state index in [-0.39, 0.29) is 42.7 Å². The van der Waals surface area contributed by atoms with Crippen molar-refractivity contribution in [3.05, 3.63) is 35.4 Å². The third-order valence-corrected chi connectivity index (χ3v) is 4.44. The summed E-state index contributed by atoms with van der Waals surface area (Å²) in [6.45, 7) is 9.29. The highest BCUT2D eigenvalue weighted by Crippen LogP contribution is 2.10. The number of benzene rings is 1. The summed E-state index contributed by atoms with van der Waals surface area (Å²) in [7, 11) is 0. The highest BCUT2D eigenvalue weighted by molar-refractivity contribution is 5.94. The summed E-state index contributed by atoms with van der Waals surface area (Å²) in [6.07, 6.45) is 0.784. The number of carbonyl (C=O) groups is 1. The Morgan fingerprint density at radius 3 is 2.44 bits per heavy atom. The summed E-state index contributed by atoms with van der Waals surface area (Å²) in [5.74, 6) is 0.0296. The van der Waals surface area contributed by atoms with Crippen LogP contribution in [-0.4, -0.2) is 54.7 Å². The standard InChI is InChI=1S/C18H29N3O2.2ClH/c1-3-9-21(4-2)13-14-5-7-15(8-6-14)18(23)20-11-16-10-19-12-17(16)22;;/h5-8,16-17,19,22H,3-4,9-13H2,1-2H3,(H,20,23);2*1H. The lowest BCUT2D eigenvalue weighted by molar-refractivity contribution is 0.0927. The van der Waals surface area contributed by atoms with Gasteiger partial charge in [0, 0.05) is 37.7 Å². The maximum Gasteiger partial charge on any atom is 0.251 e. The first kappa shape index (κ1) is 24.1. The second kappa shape index (κ2) is 12.5. The van der Waals surface area contributed by atoms with Crippen LogP contribution in [0.1, 0.15) is 36.2 Å². The first-order valence-electron chi connectivity index (χ1n) is 8.62. The zero-order chi connectivity index (χ0) is 16.7. The number of aliphatic hydroxyl groups is 1. The van der Waals surface area contributed by atoms with Crippen LogP contribution in [0.5, 0.6) is 0 Å². The van der Waals surface area contributed by atoms with E-state index in [1.165, 1.54) is 5.56 Å². The van der Waals surface area contributed by atoms with Gasteiger partial charge in [0.2, 0.25) is 0 Å². The Balaban J connectivity index is 0.00000288. The molecule has 1 saturated heterocycles. The van der Waals surface area contributed by atoms with Crippen LogP contribution in [0, 0.1) is 5.92 Å². The van der Waals surface area contributed by atoms with Crippen LogP contribution >= 0.6 is 24.8 Å². The van der Waals surface area contributed by atoms with Crippen LogP contribution in [0.15, 0.2) is 24.3 Å². The van der Waals surface area contributed by atoms with E-state index in [0.717, 1.165) is 32.6 Å². The van der Waals surface area contributed by atoms with Crippen LogP contribution < -0.4 is 10.6 Å². The van der Waals surface area contributed by atoms with E-state index in [4.69, 9.17) is 0 Å². The second-order valence-electron chi connectivity index (χ2n) is 6.26. The van der Waals surface area contributed by atoms with E-state index < -0.39 is 0 Å². The third kappa shape index (κ3) is 7.50. The van der Waals surface area contributed by atoms with Crippen molar-refractivity contribution in [3.8, 4) is 0 Å². The second-order valence-corrected chi connectivity index (χ2v) is 6.26. The quantitative estimate of drug-likeness (QED) is 0.634. The number of halogens is 2. The predicted molar refractivity (Wildman–Crippen MR) is 107 cm³/mol. The molecule has 1 aliphatic heterocycles. The van der Waals surface area contributed by atoms with Crippen molar-refractivity contribution in [3.63, 3.8) is 0 Å². The van der Waals surface area contributed by atoms with Crippen LogP contribution in [0.2, 0.25) is 0 Å². The Morgan fingerprint density at radius 1 is 1.24 bits per heavy atom. The smallest absolute Gasteiger partial charge is 0.251 e. The minimum Gasteiger partial charge on any atom is -0.391 e. The molecule has 0 saturated carbocycles. The molecule has 25 heavy (non-hydrogen) atoms. The largest absolute Gasteiger partial charge is 0.391 e. The van der Waals surface area contributed by atoms with Gasteiger partial charge in [-0.3, -0.25) is 9.69 Å². The maximum absolute atomic E-state index is 12.2. The SMILES string of the molecule is CCCN(CC)Cc1ccc(C(=O)NCC2CNCC2O)cc1.Cl.Cl. The molecule has 1 heterocycles. The van der Waals surface area contributed by atoms with Crippen molar-refractivity contribution >= 4 is 30.7 Å². The topological polar surface area (TPSA) is 64.6 Å². The Hall–Kier alpha value is -0.850. The normalized spacial score (nSPS) is 19.2. The molecule has 3 N–H and O–H groups in total. The summed E-state index contributed by atoms with van der Waals surface area (Å²) < 4.78 is 0. The molecule has 0 bridgehead atoms. The van der Waals surface area contributed by atoms with Crippen LogP contribution in [0.25, 0.3) is 0 Å². The van der Waals surface area contributed by atoms with Crippen molar-refractivity contribution in [2.45, 2.75) is 32.9 Å². The number of nitrogens with zero attached hydrogens (tertiary/aromatic N) is 1. The van der Waals surface area contributed by atoms with Crippen molar-refractivity contribution in [1.82, 2.24) is 15.5 Å². The molecule has 1 amide bonds. The number of amides is 1. The molecule has 1 aromatic rings. The van der Waals surface area contributed by atoms with Gasteiger partial charge in [-0.1, -0.05) is 26.0 Å². The molecule has 1 aromatic carbocycles. The predicted octanol–water partition coefficient (Wildman–Crippen LogP) is 2.07. The van der Waals surface area contributed by atoms with Gasteiger partial charge in [-0.05, 0) is 37.2 Å². The van der Waals surface area contributed by atoms with Gasteiger partial charge in [0.25, 0.3) is 5.91 Å². The Morgan fingerprint density at radius 2 is 1.92 bits per heavy atom. The fourth-order valence-corrected chi connectivity index (χ4v) is 2.94. The zero-order valence-electron chi connectivity index (χ0n) is 15.0. The lowest BCUT2D eigenvalue weighted by Crippen LogP contribution is -2.34. The van der Waals surface area contributed by atoms with Crippen LogP contribution in [0.3, 0.4) is 0 Å². The average Bonchev–Trinajstić information content (AvgIpc) is 2.98. The lowest BCUT2D eigenvalue weighted by atomic mass is 10.1. The number of β-amino-alcohol motifs (C(OH)–C–C–N with tert-alkyl or cyclic N) is 1. The van der Waals surface area contributed by atoms with Crippen LogP contribution in [-0.2, 0) is 6.54 Å². The van der Waals surface area contributed by atoms with Crippen molar-refractivity contribution in [1.29, 1.82) is 0 Å². The van der Waals surface area contributed by atoms with E-state index in [2.05, 4.69) is 29.4 Å². The summed E-state index contributed by atoms with van der Waals surface area (Å²) in [5, 5.41) is 15.8. The summed E-state index contributed by atoms with van der Waals surface area (Å²) in [6, 6.07) is 7.82. The van der Waals surface area contributed by atoms with Gasteiger partial charge >= 0.3 is 0 Å². The number of hydrogen-bond acceptors (Lipinski definition) is 4. The van der Waals surface area contributed by atoms with Gasteiger partial charge in [-0.15, -0.1) is 24.8 Å². The maximum atomic E-state index is 12.2. The molecule has 0 aliphatic carbocycles. The molecule has 0 aromatic heterocycles. The molecule has 7 heteroatoms. The minimum atomic E-state index is -0.365. The monoisotopic (exact) mass is 391 g/mol. The van der Waals surface area contributed by atoms with Gasteiger partial charge in [-0.2, -0.15) is 0 Å². The van der Waals surface area contributed by atoms with Gasteiger partial charge < -0.3 is 15.7 Å². The third-order valence-electron chi connectivity index (χ3n) is 4.44. The summed E-state index contributed by atoms with van der Waals surface area (Å²) in [5.41, 5.74) is 1.90. The highest BCUT2D eigenvalue weighted by atomic mass is 35.5. The fraction of sp³-hybridized carbons (Fsp3) is 0.611. The van der Waals surface area contributed by atoms with Crippen molar-refractivity contribution in [2.24, 2.45) is 5.92 Å². The van der Waals surface area contributed by atoms with E-state index in [0.29, 0.717) is 18.7 Å². The minimum absolute atomic E-state index is 0. The molecular weight excluding hydrogens is 361 g/mol. The summed E-state index contributed by atoms with van der Waals surface area (Å²) in [4.78, 5) is 14.6. The number of aliphatic hydroxyl groups excluding tert-OH is 1. The van der Waals surface area contributed by atoms with Gasteiger partial charge in [0.15, 0.2) is 0 Å². The molecule has 2 unspecified atom stereocenters. The molecule has 1 fully saturated rings. The molecule has 2 atom stereocenters. The Bertz CT molecular complexity index is 500. The first-order chi connectivity index (χ1) is 11.1. The lowest BCUT2D eigenvalue weighted by Gasteiger charge is -2.19. The average molecular weight is 392 g/mol. The number of nitrogens with one attached hydrogen (secondary N) is 2. The highest BCUT2D eigenvalue weighted by Gasteiger charge is 2.25. The molecule has 2 rings (SSSR count). The fourth-order valence-electron chi connectivity index (χ4n) is 2.94. The number of hydrogen-bond donors (Lipinski definition) is 3. The van der Waals surface area contributed by atoms with Crippen LogP contribution in [0.4, 0.5) is 0 Å². The van der Waals surface area contributed by atoms with Gasteiger partial charge in [0.1, 0.15) is 0 Å². The van der Waals surface area contributed by atoms with Gasteiger partial charge in [-0.25, -0.2) is 0 Å². The molecule has 5 nitrogen and oxygen atoms in total. The van der Waals surface area contributed by atoms with Crippen molar-refractivity contribution < 1.29 is 9.90 Å². The summed E-state index contributed by atoms with van der Waals surface area (Å²) >= 11 is 0. The van der Waals surface area contributed by atoms with Gasteiger partial charge in [0.05, 0.1) is 6.10 Å². The molecule has 144 valence electrons. The number of rotatable bonds is 8. The molecule has 0 spiro atoms.